The summed E-state index contributed by atoms with van der Waals surface area (Å²) in [5.41, 5.74) is 4.13. The molecule has 4 aromatic rings. The fourth-order valence-corrected chi connectivity index (χ4v) is 4.29. The molecule has 0 amide bonds. The van der Waals surface area contributed by atoms with Crippen LogP contribution in [0.5, 0.6) is 0 Å². The minimum Gasteiger partial charge on any atom is -0.291 e. The molecule has 0 heterocycles. The van der Waals surface area contributed by atoms with Crippen molar-refractivity contribution in [1.29, 1.82) is 0 Å². The third-order valence-corrected chi connectivity index (χ3v) is 6.06. The van der Waals surface area contributed by atoms with Crippen molar-refractivity contribution in [3.8, 4) is 0 Å². The predicted octanol–water partition coefficient (Wildman–Crippen LogP) is 7.65. The van der Waals surface area contributed by atoms with E-state index in [1.807, 2.05) is 48.5 Å². The van der Waals surface area contributed by atoms with Gasteiger partial charge in [-0.1, -0.05) is 115 Å². The van der Waals surface area contributed by atoms with Gasteiger partial charge in [0.05, 0.1) is 0 Å². The quantitative estimate of drug-likeness (QED) is 0.209. The standard InChI is InChI=1S/C32H28F3NO/c33-32(34,35)31(37)30(20-25-12-4-1-5-13-25)21-28-18-10-11-19-29(28)24-36(22-26-14-6-2-7-15-26)23-27-16-8-3-9-17-27/h1-19,21H,20,22-24H2/b30-21+. The van der Waals surface area contributed by atoms with Gasteiger partial charge in [-0.25, -0.2) is 0 Å². The van der Waals surface area contributed by atoms with Crippen molar-refractivity contribution in [2.45, 2.75) is 32.2 Å². The minimum absolute atomic E-state index is 0.0920. The number of rotatable bonds is 10. The van der Waals surface area contributed by atoms with Gasteiger partial charge in [-0.3, -0.25) is 9.69 Å². The molecule has 0 aliphatic carbocycles. The van der Waals surface area contributed by atoms with Crippen LogP contribution in [0.3, 0.4) is 0 Å². The maximum atomic E-state index is 13.5. The van der Waals surface area contributed by atoms with Crippen LogP contribution in [0, 0.1) is 0 Å². The van der Waals surface area contributed by atoms with Gasteiger partial charge in [-0.2, -0.15) is 13.2 Å². The Bertz CT molecular complexity index is 1280. The van der Waals surface area contributed by atoms with E-state index in [2.05, 4.69) is 29.2 Å². The first-order valence-electron chi connectivity index (χ1n) is 12.1. The molecule has 0 bridgehead atoms. The Morgan fingerprint density at radius 3 is 1.59 bits per heavy atom. The maximum Gasteiger partial charge on any atom is 0.454 e. The summed E-state index contributed by atoms with van der Waals surface area (Å²) < 4.78 is 40.5. The zero-order chi connectivity index (χ0) is 26.1. The number of hydrogen-bond acceptors (Lipinski definition) is 2. The largest absolute Gasteiger partial charge is 0.454 e. The summed E-state index contributed by atoms with van der Waals surface area (Å²) in [4.78, 5) is 14.6. The molecular weight excluding hydrogens is 471 g/mol. The van der Waals surface area contributed by atoms with E-state index in [1.54, 1.807) is 42.5 Å². The second kappa shape index (κ2) is 12.3. The molecule has 4 rings (SSSR count). The molecule has 0 N–H and O–H groups in total. The van der Waals surface area contributed by atoms with Crippen LogP contribution in [0.15, 0.2) is 121 Å². The smallest absolute Gasteiger partial charge is 0.291 e. The van der Waals surface area contributed by atoms with Crippen LogP contribution in [0.25, 0.3) is 6.08 Å². The van der Waals surface area contributed by atoms with E-state index in [4.69, 9.17) is 0 Å². The fraction of sp³-hybridized carbons (Fsp3) is 0.156. The fourth-order valence-electron chi connectivity index (χ4n) is 4.29. The van der Waals surface area contributed by atoms with Gasteiger partial charge in [-0.15, -0.1) is 0 Å². The summed E-state index contributed by atoms with van der Waals surface area (Å²) in [6.45, 7) is 1.85. The van der Waals surface area contributed by atoms with E-state index in [9.17, 15) is 18.0 Å². The molecule has 188 valence electrons. The molecule has 0 fully saturated rings. The third-order valence-electron chi connectivity index (χ3n) is 6.06. The second-order valence-electron chi connectivity index (χ2n) is 8.97. The Kier molecular flexibility index (Phi) is 8.70. The van der Waals surface area contributed by atoms with E-state index in [1.165, 1.54) is 6.08 Å². The van der Waals surface area contributed by atoms with Gasteiger partial charge in [0.15, 0.2) is 0 Å². The van der Waals surface area contributed by atoms with Gasteiger partial charge in [0.1, 0.15) is 0 Å². The van der Waals surface area contributed by atoms with Gasteiger partial charge >= 0.3 is 6.18 Å². The van der Waals surface area contributed by atoms with Crippen molar-refractivity contribution < 1.29 is 18.0 Å². The Labute approximate surface area is 215 Å². The molecule has 0 atom stereocenters. The van der Waals surface area contributed by atoms with Crippen molar-refractivity contribution >= 4 is 11.9 Å². The molecular formula is C32H28F3NO. The first-order valence-corrected chi connectivity index (χ1v) is 12.1. The summed E-state index contributed by atoms with van der Waals surface area (Å²) >= 11 is 0. The molecule has 0 spiro atoms. The Morgan fingerprint density at radius 1 is 0.622 bits per heavy atom. The van der Waals surface area contributed by atoms with Crippen molar-refractivity contribution in [3.63, 3.8) is 0 Å². The van der Waals surface area contributed by atoms with Gasteiger partial charge in [0.25, 0.3) is 5.78 Å². The zero-order valence-corrected chi connectivity index (χ0v) is 20.4. The van der Waals surface area contributed by atoms with Crippen LogP contribution in [0.4, 0.5) is 13.2 Å². The number of Topliss-reactive ketones (excluding diaryl/α,β-unsaturated/α-hetero) is 1. The normalized spacial score (nSPS) is 12.1. The summed E-state index contributed by atoms with van der Waals surface area (Å²) in [5, 5.41) is 0. The summed E-state index contributed by atoms with van der Waals surface area (Å²) in [7, 11) is 0. The molecule has 0 unspecified atom stereocenters. The molecule has 2 nitrogen and oxygen atoms in total. The first-order chi connectivity index (χ1) is 17.9. The third kappa shape index (κ3) is 7.76. The average molecular weight is 500 g/mol. The Balaban J connectivity index is 1.67. The highest BCUT2D eigenvalue weighted by Gasteiger charge is 2.40. The monoisotopic (exact) mass is 499 g/mol. The van der Waals surface area contributed by atoms with Crippen molar-refractivity contribution in [3.05, 3.63) is 149 Å². The predicted molar refractivity (Wildman–Crippen MR) is 141 cm³/mol. The van der Waals surface area contributed by atoms with E-state index in [-0.39, 0.29) is 12.0 Å². The van der Waals surface area contributed by atoms with Gasteiger partial charge in [0.2, 0.25) is 0 Å². The number of alkyl halides is 3. The number of hydrogen-bond donors (Lipinski definition) is 0. The van der Waals surface area contributed by atoms with Crippen molar-refractivity contribution in [2.24, 2.45) is 0 Å². The van der Waals surface area contributed by atoms with Gasteiger partial charge in [-0.05, 0) is 33.9 Å². The molecule has 5 heteroatoms. The summed E-state index contributed by atoms with van der Waals surface area (Å²) in [6.07, 6.45) is -3.63. The number of carbonyl (C=O) groups excluding carboxylic acids is 1. The van der Waals surface area contributed by atoms with E-state index in [0.717, 1.165) is 16.7 Å². The molecule has 4 aromatic carbocycles. The minimum atomic E-state index is -4.94. The van der Waals surface area contributed by atoms with Crippen LogP contribution in [-0.2, 0) is 30.8 Å². The lowest BCUT2D eigenvalue weighted by Crippen LogP contribution is -2.25. The SMILES string of the molecule is O=C(/C(=C/c1ccccc1CN(Cc1ccccc1)Cc1ccccc1)Cc1ccccc1)C(F)(F)F. The highest BCUT2D eigenvalue weighted by Crippen LogP contribution is 2.26. The lowest BCUT2D eigenvalue weighted by molar-refractivity contribution is -0.166. The highest BCUT2D eigenvalue weighted by atomic mass is 19.4. The Hall–Kier alpha value is -3.96. The van der Waals surface area contributed by atoms with Crippen LogP contribution < -0.4 is 0 Å². The molecule has 0 radical (unpaired) electrons. The van der Waals surface area contributed by atoms with Crippen molar-refractivity contribution in [1.82, 2.24) is 4.90 Å². The summed E-state index contributed by atoms with van der Waals surface area (Å²) in [5.74, 6) is -1.81. The molecule has 0 saturated heterocycles. The van der Waals surface area contributed by atoms with Crippen LogP contribution in [0.1, 0.15) is 27.8 Å². The lowest BCUT2D eigenvalue weighted by Gasteiger charge is -2.24. The first kappa shape index (κ1) is 26.1. The second-order valence-corrected chi connectivity index (χ2v) is 8.97. The molecule has 0 aromatic heterocycles. The van der Waals surface area contributed by atoms with Gasteiger partial charge in [0, 0.05) is 31.6 Å². The number of nitrogens with zero attached hydrogens (tertiary/aromatic N) is 1. The lowest BCUT2D eigenvalue weighted by atomic mass is 9.96. The van der Waals surface area contributed by atoms with Crippen LogP contribution in [0.2, 0.25) is 0 Å². The van der Waals surface area contributed by atoms with E-state index < -0.39 is 12.0 Å². The van der Waals surface area contributed by atoms with Crippen LogP contribution >= 0.6 is 0 Å². The number of carbonyl (C=O) groups is 1. The maximum absolute atomic E-state index is 13.5. The molecule has 0 saturated carbocycles. The number of ketones is 1. The van der Waals surface area contributed by atoms with E-state index >= 15 is 0 Å². The van der Waals surface area contributed by atoms with E-state index in [0.29, 0.717) is 30.8 Å². The molecule has 37 heavy (non-hydrogen) atoms. The highest BCUT2D eigenvalue weighted by molar-refractivity contribution is 6.03. The summed E-state index contributed by atoms with van der Waals surface area (Å²) in [6, 6.07) is 36.2. The molecule has 0 aliphatic rings. The van der Waals surface area contributed by atoms with Gasteiger partial charge < -0.3 is 0 Å². The number of allylic oxidation sites excluding steroid dienone is 1. The average Bonchev–Trinajstić information content (AvgIpc) is 2.90. The number of benzene rings is 4. The van der Waals surface area contributed by atoms with Crippen LogP contribution in [-0.4, -0.2) is 16.9 Å². The van der Waals surface area contributed by atoms with Crippen molar-refractivity contribution in [2.75, 3.05) is 0 Å². The molecule has 0 aliphatic heterocycles. The zero-order valence-electron chi connectivity index (χ0n) is 20.4. The topological polar surface area (TPSA) is 20.3 Å². The Morgan fingerprint density at radius 2 is 1.08 bits per heavy atom. The number of halogens is 3.